The van der Waals surface area contributed by atoms with Gasteiger partial charge in [0.25, 0.3) is 0 Å². The fourth-order valence-electron chi connectivity index (χ4n) is 4.16. The SMILES string of the molecule is CC[C@H](C(=O)N[C@@H](C)CC)N(Cc1ccccc1)C(=O)CN(c1cccc2ccccc12)S(C)(=O)=O. The van der Waals surface area contributed by atoms with Gasteiger partial charge >= 0.3 is 0 Å². The molecule has 0 aliphatic rings. The monoisotopic (exact) mass is 509 g/mol. The summed E-state index contributed by atoms with van der Waals surface area (Å²) < 4.78 is 27.0. The van der Waals surface area contributed by atoms with E-state index in [0.717, 1.165) is 33.3 Å². The Morgan fingerprint density at radius 3 is 2.17 bits per heavy atom. The standard InChI is InChI=1S/C28H35N3O4S/c1-5-21(3)29-28(33)25(6-2)30(19-22-13-8-7-9-14-22)27(32)20-31(36(4,34)35)26-18-12-16-23-15-10-11-17-24(23)26/h7-18,21,25H,5-6,19-20H2,1-4H3,(H,29,33)/t21-,25+/m0/s1. The van der Waals surface area contributed by atoms with Gasteiger partial charge in [-0.2, -0.15) is 0 Å². The van der Waals surface area contributed by atoms with Gasteiger partial charge in [-0.15, -0.1) is 0 Å². The van der Waals surface area contributed by atoms with Gasteiger partial charge in [0.15, 0.2) is 0 Å². The first kappa shape index (κ1) is 27.2. The quantitative estimate of drug-likeness (QED) is 0.417. The van der Waals surface area contributed by atoms with E-state index < -0.39 is 28.5 Å². The summed E-state index contributed by atoms with van der Waals surface area (Å²) in [6.45, 7) is 5.53. The van der Waals surface area contributed by atoms with E-state index >= 15 is 0 Å². The molecule has 0 spiro atoms. The molecule has 0 unspecified atom stereocenters. The normalized spacial score (nSPS) is 13.1. The molecule has 2 atom stereocenters. The van der Waals surface area contributed by atoms with Crippen molar-refractivity contribution in [2.24, 2.45) is 0 Å². The summed E-state index contributed by atoms with van der Waals surface area (Å²) in [5, 5.41) is 4.58. The van der Waals surface area contributed by atoms with Crippen LogP contribution in [-0.2, 0) is 26.2 Å². The lowest BCUT2D eigenvalue weighted by atomic mass is 10.1. The van der Waals surface area contributed by atoms with Crippen molar-refractivity contribution in [3.63, 3.8) is 0 Å². The van der Waals surface area contributed by atoms with E-state index in [1.165, 1.54) is 4.90 Å². The molecule has 3 aromatic carbocycles. The first-order valence-corrected chi connectivity index (χ1v) is 14.1. The Morgan fingerprint density at radius 1 is 0.889 bits per heavy atom. The van der Waals surface area contributed by atoms with E-state index in [-0.39, 0.29) is 18.5 Å². The number of hydrogen-bond acceptors (Lipinski definition) is 4. The first-order chi connectivity index (χ1) is 17.2. The van der Waals surface area contributed by atoms with Crippen molar-refractivity contribution < 1.29 is 18.0 Å². The lowest BCUT2D eigenvalue weighted by Gasteiger charge is -2.33. The van der Waals surface area contributed by atoms with Crippen LogP contribution in [0.5, 0.6) is 0 Å². The van der Waals surface area contributed by atoms with E-state index in [1.807, 2.05) is 81.4 Å². The van der Waals surface area contributed by atoms with E-state index in [4.69, 9.17) is 0 Å². The van der Waals surface area contributed by atoms with Crippen molar-refractivity contribution in [2.75, 3.05) is 17.1 Å². The fourth-order valence-corrected chi connectivity index (χ4v) is 5.02. The third-order valence-corrected chi connectivity index (χ3v) is 7.42. The highest BCUT2D eigenvalue weighted by atomic mass is 32.2. The van der Waals surface area contributed by atoms with Gasteiger partial charge in [-0.1, -0.05) is 80.6 Å². The molecule has 0 saturated carbocycles. The molecule has 0 aromatic heterocycles. The largest absolute Gasteiger partial charge is 0.352 e. The zero-order valence-corrected chi connectivity index (χ0v) is 22.2. The molecule has 0 bridgehead atoms. The number of sulfonamides is 1. The average Bonchev–Trinajstić information content (AvgIpc) is 2.86. The van der Waals surface area contributed by atoms with Crippen LogP contribution in [0, 0.1) is 0 Å². The summed E-state index contributed by atoms with van der Waals surface area (Å²) in [5.74, 6) is -0.685. The lowest BCUT2D eigenvalue weighted by molar-refractivity contribution is -0.140. The first-order valence-electron chi connectivity index (χ1n) is 12.2. The molecular weight excluding hydrogens is 474 g/mol. The summed E-state index contributed by atoms with van der Waals surface area (Å²) in [6, 6.07) is 21.5. The van der Waals surface area contributed by atoms with E-state index in [9.17, 15) is 18.0 Å². The molecule has 36 heavy (non-hydrogen) atoms. The molecule has 2 amide bonds. The summed E-state index contributed by atoms with van der Waals surface area (Å²) in [5.41, 5.74) is 1.29. The van der Waals surface area contributed by atoms with Gasteiger partial charge in [-0.25, -0.2) is 8.42 Å². The number of hydrogen-bond donors (Lipinski definition) is 1. The molecule has 3 rings (SSSR count). The number of carbonyl (C=O) groups excluding carboxylic acids is 2. The second-order valence-corrected chi connectivity index (χ2v) is 10.9. The molecule has 0 aliphatic carbocycles. The van der Waals surface area contributed by atoms with Crippen LogP contribution in [0.3, 0.4) is 0 Å². The van der Waals surface area contributed by atoms with Crippen LogP contribution in [0.1, 0.15) is 39.2 Å². The van der Waals surface area contributed by atoms with E-state index in [2.05, 4.69) is 5.32 Å². The summed E-state index contributed by atoms with van der Waals surface area (Å²) >= 11 is 0. The number of nitrogens with one attached hydrogen (secondary N) is 1. The van der Waals surface area contributed by atoms with Crippen LogP contribution in [0.4, 0.5) is 5.69 Å². The Hall–Kier alpha value is -3.39. The Balaban J connectivity index is 2.01. The zero-order chi connectivity index (χ0) is 26.3. The van der Waals surface area contributed by atoms with Crippen LogP contribution < -0.4 is 9.62 Å². The van der Waals surface area contributed by atoms with Crippen LogP contribution in [-0.4, -0.2) is 50.0 Å². The molecule has 0 fully saturated rings. The van der Waals surface area contributed by atoms with E-state index in [0.29, 0.717) is 12.1 Å². The van der Waals surface area contributed by atoms with Crippen molar-refractivity contribution in [1.29, 1.82) is 0 Å². The molecule has 3 aromatic rings. The Labute approximate surface area is 214 Å². The summed E-state index contributed by atoms with van der Waals surface area (Å²) in [7, 11) is -3.80. The number of nitrogens with zero attached hydrogens (tertiary/aromatic N) is 2. The van der Waals surface area contributed by atoms with Gasteiger partial charge in [0.05, 0.1) is 11.9 Å². The van der Waals surface area contributed by atoms with Crippen molar-refractivity contribution in [1.82, 2.24) is 10.2 Å². The van der Waals surface area contributed by atoms with Gasteiger partial charge < -0.3 is 10.2 Å². The van der Waals surface area contributed by atoms with Crippen molar-refractivity contribution in [3.05, 3.63) is 78.4 Å². The van der Waals surface area contributed by atoms with Gasteiger partial charge in [-0.05, 0) is 36.8 Å². The Morgan fingerprint density at radius 2 is 1.53 bits per heavy atom. The number of fused-ring (bicyclic) bond motifs is 1. The van der Waals surface area contributed by atoms with E-state index in [1.54, 1.807) is 12.1 Å². The molecule has 0 radical (unpaired) electrons. The summed E-state index contributed by atoms with van der Waals surface area (Å²) in [4.78, 5) is 28.5. The highest BCUT2D eigenvalue weighted by Crippen LogP contribution is 2.28. The minimum absolute atomic E-state index is 0.0385. The maximum atomic E-state index is 13.8. The molecule has 0 saturated heterocycles. The number of amides is 2. The zero-order valence-electron chi connectivity index (χ0n) is 21.3. The van der Waals surface area contributed by atoms with Crippen LogP contribution in [0.25, 0.3) is 10.8 Å². The predicted molar refractivity (Wildman–Crippen MR) is 145 cm³/mol. The second-order valence-electron chi connectivity index (χ2n) is 9.02. The smallest absolute Gasteiger partial charge is 0.244 e. The molecule has 0 heterocycles. The minimum atomic E-state index is -3.80. The number of carbonyl (C=O) groups is 2. The second kappa shape index (κ2) is 12.0. The third-order valence-electron chi connectivity index (χ3n) is 6.30. The number of benzene rings is 3. The minimum Gasteiger partial charge on any atom is -0.352 e. The van der Waals surface area contributed by atoms with Crippen molar-refractivity contribution >= 4 is 38.3 Å². The summed E-state index contributed by atoms with van der Waals surface area (Å²) in [6.07, 6.45) is 2.25. The molecule has 8 heteroatoms. The number of rotatable bonds is 11. The number of anilines is 1. The maximum Gasteiger partial charge on any atom is 0.244 e. The van der Waals surface area contributed by atoms with Crippen LogP contribution in [0.15, 0.2) is 72.8 Å². The molecule has 7 nitrogen and oxygen atoms in total. The fraction of sp³-hybridized carbons (Fsp3) is 0.357. The highest BCUT2D eigenvalue weighted by molar-refractivity contribution is 7.92. The average molecular weight is 510 g/mol. The Kier molecular flexibility index (Phi) is 9.09. The third kappa shape index (κ3) is 6.63. The van der Waals surface area contributed by atoms with Crippen LogP contribution in [0.2, 0.25) is 0 Å². The van der Waals surface area contributed by atoms with Crippen molar-refractivity contribution in [2.45, 2.75) is 52.2 Å². The Bertz CT molecular complexity index is 1290. The van der Waals surface area contributed by atoms with Gasteiger partial charge in [0.2, 0.25) is 21.8 Å². The maximum absolute atomic E-state index is 13.8. The van der Waals surface area contributed by atoms with Gasteiger partial charge in [-0.3, -0.25) is 13.9 Å². The predicted octanol–water partition coefficient (Wildman–Crippen LogP) is 4.33. The van der Waals surface area contributed by atoms with Gasteiger partial charge in [0.1, 0.15) is 12.6 Å². The van der Waals surface area contributed by atoms with Crippen LogP contribution >= 0.6 is 0 Å². The molecular formula is C28H35N3O4S. The van der Waals surface area contributed by atoms with Gasteiger partial charge in [0, 0.05) is 18.0 Å². The van der Waals surface area contributed by atoms with Crippen molar-refractivity contribution in [3.8, 4) is 0 Å². The lowest BCUT2D eigenvalue weighted by Crippen LogP contribution is -2.53. The highest BCUT2D eigenvalue weighted by Gasteiger charge is 2.32. The molecule has 1 N–H and O–H groups in total. The topological polar surface area (TPSA) is 86.8 Å². The molecule has 0 aliphatic heterocycles. The molecule has 192 valence electrons.